The van der Waals surface area contributed by atoms with Crippen LogP contribution in [0.3, 0.4) is 0 Å². The number of hydrogen-bond acceptors (Lipinski definition) is 4. The highest BCUT2D eigenvalue weighted by Crippen LogP contribution is 2.10. The van der Waals surface area contributed by atoms with Crippen LogP contribution >= 0.6 is 11.6 Å². The lowest BCUT2D eigenvalue weighted by molar-refractivity contribution is 0.581. The van der Waals surface area contributed by atoms with Crippen LogP contribution in [0.15, 0.2) is 47.5 Å². The highest BCUT2D eigenvalue weighted by molar-refractivity contribution is 7.89. The Hall–Kier alpha value is -1.94. The minimum atomic E-state index is -3.61. The number of benzene rings is 1. The number of nitrogens with one attached hydrogen (secondary N) is 1. The Balaban J connectivity index is 1.97. The van der Waals surface area contributed by atoms with Crippen LogP contribution in [0.2, 0.25) is 5.02 Å². The van der Waals surface area contributed by atoms with Gasteiger partial charge in [0.1, 0.15) is 16.7 Å². The first kappa shape index (κ1) is 15.4. The van der Waals surface area contributed by atoms with E-state index in [9.17, 15) is 8.42 Å². The van der Waals surface area contributed by atoms with E-state index in [0.717, 1.165) is 5.56 Å². The molecule has 1 N–H and O–H groups in total. The van der Waals surface area contributed by atoms with Gasteiger partial charge in [0.15, 0.2) is 0 Å². The molecule has 0 aliphatic heterocycles. The van der Waals surface area contributed by atoms with Crippen molar-refractivity contribution in [1.29, 1.82) is 5.26 Å². The van der Waals surface area contributed by atoms with Gasteiger partial charge in [0.25, 0.3) is 0 Å². The quantitative estimate of drug-likeness (QED) is 0.914. The van der Waals surface area contributed by atoms with Crippen LogP contribution in [0, 0.1) is 11.3 Å². The van der Waals surface area contributed by atoms with E-state index < -0.39 is 10.0 Å². The molecule has 0 atom stereocenters. The molecule has 0 saturated heterocycles. The summed E-state index contributed by atoms with van der Waals surface area (Å²) in [4.78, 5) is 3.78. The maximum absolute atomic E-state index is 12.0. The van der Waals surface area contributed by atoms with Crippen LogP contribution in [0.25, 0.3) is 0 Å². The summed E-state index contributed by atoms with van der Waals surface area (Å²) in [6.45, 7) is 0.268. The molecule has 7 heteroatoms. The number of nitriles is 1. The van der Waals surface area contributed by atoms with Crippen molar-refractivity contribution in [2.24, 2.45) is 0 Å². The highest BCUT2D eigenvalue weighted by Gasteiger charge is 2.13. The van der Waals surface area contributed by atoms with Gasteiger partial charge in [-0.05, 0) is 36.2 Å². The Morgan fingerprint density at radius 2 is 1.90 bits per heavy atom. The summed E-state index contributed by atoms with van der Waals surface area (Å²) in [5.74, 6) is 0. The molecule has 108 valence electrons. The Kier molecular flexibility index (Phi) is 4.91. The third-order valence-corrected chi connectivity index (χ3v) is 4.48. The first-order valence-corrected chi connectivity index (χ1v) is 7.97. The van der Waals surface area contributed by atoms with Crippen molar-refractivity contribution < 1.29 is 8.42 Å². The largest absolute Gasteiger partial charge is 0.244 e. The molecule has 1 heterocycles. The van der Waals surface area contributed by atoms with E-state index in [2.05, 4.69) is 9.71 Å². The Morgan fingerprint density at radius 1 is 1.19 bits per heavy atom. The molecule has 21 heavy (non-hydrogen) atoms. The van der Waals surface area contributed by atoms with Crippen LogP contribution in [0.5, 0.6) is 0 Å². The maximum atomic E-state index is 12.0. The van der Waals surface area contributed by atoms with Crippen molar-refractivity contribution in [3.8, 4) is 6.07 Å². The molecule has 1 aromatic heterocycles. The first-order valence-electron chi connectivity index (χ1n) is 6.11. The number of hydrogen-bond donors (Lipinski definition) is 1. The Labute approximate surface area is 128 Å². The van der Waals surface area contributed by atoms with Gasteiger partial charge in [-0.25, -0.2) is 18.1 Å². The van der Waals surface area contributed by atoms with Crippen LogP contribution in [0.4, 0.5) is 0 Å². The van der Waals surface area contributed by atoms with Gasteiger partial charge in [-0.15, -0.1) is 0 Å². The van der Waals surface area contributed by atoms with Crippen LogP contribution < -0.4 is 4.72 Å². The average molecular weight is 322 g/mol. The Morgan fingerprint density at radius 3 is 2.48 bits per heavy atom. The summed E-state index contributed by atoms with van der Waals surface area (Å²) in [6, 6.07) is 11.8. The van der Waals surface area contributed by atoms with Crippen molar-refractivity contribution in [3.63, 3.8) is 0 Å². The number of pyridine rings is 1. The second-order valence-electron chi connectivity index (χ2n) is 4.27. The van der Waals surface area contributed by atoms with E-state index in [1.165, 1.54) is 18.3 Å². The van der Waals surface area contributed by atoms with E-state index in [-0.39, 0.29) is 17.1 Å². The van der Waals surface area contributed by atoms with Crippen LogP contribution in [0.1, 0.15) is 11.3 Å². The Bertz CT molecular complexity index is 750. The zero-order valence-corrected chi connectivity index (χ0v) is 12.5. The summed E-state index contributed by atoms with van der Waals surface area (Å²) < 4.78 is 26.5. The molecule has 0 radical (unpaired) electrons. The molecule has 0 saturated carbocycles. The zero-order valence-electron chi connectivity index (χ0n) is 11.0. The number of sulfonamides is 1. The van der Waals surface area contributed by atoms with Crippen molar-refractivity contribution in [3.05, 3.63) is 58.9 Å². The summed E-state index contributed by atoms with van der Waals surface area (Å²) in [5.41, 5.74) is 1.16. The lowest BCUT2D eigenvalue weighted by Gasteiger charge is -2.06. The standard InChI is InChI=1S/C14H12ClN3O2S/c15-12-3-1-11(2-4-12)7-8-18-21(19,20)14-6-5-13(9-16)17-10-14/h1-6,10,18H,7-8H2. The topological polar surface area (TPSA) is 82.8 Å². The van der Waals surface area contributed by atoms with E-state index in [4.69, 9.17) is 16.9 Å². The van der Waals surface area contributed by atoms with Gasteiger partial charge in [-0.1, -0.05) is 23.7 Å². The fourth-order valence-corrected chi connectivity index (χ4v) is 2.77. The second-order valence-corrected chi connectivity index (χ2v) is 6.47. The fourth-order valence-electron chi connectivity index (χ4n) is 1.67. The van der Waals surface area contributed by atoms with Gasteiger partial charge in [-0.2, -0.15) is 5.26 Å². The van der Waals surface area contributed by atoms with Crippen molar-refractivity contribution in [2.45, 2.75) is 11.3 Å². The third-order valence-electron chi connectivity index (χ3n) is 2.78. The number of rotatable bonds is 5. The predicted molar refractivity (Wildman–Crippen MR) is 79.3 cm³/mol. The maximum Gasteiger partial charge on any atom is 0.242 e. The van der Waals surface area contributed by atoms with Crippen molar-refractivity contribution in [2.75, 3.05) is 6.54 Å². The van der Waals surface area contributed by atoms with Crippen LogP contribution in [-0.4, -0.2) is 19.9 Å². The van der Waals surface area contributed by atoms with Gasteiger partial charge in [0, 0.05) is 17.8 Å². The van der Waals surface area contributed by atoms with E-state index >= 15 is 0 Å². The lowest BCUT2D eigenvalue weighted by atomic mass is 10.2. The third kappa shape index (κ3) is 4.26. The molecule has 0 aliphatic rings. The normalized spacial score (nSPS) is 11.0. The zero-order chi connectivity index (χ0) is 15.3. The van der Waals surface area contributed by atoms with E-state index in [1.54, 1.807) is 12.1 Å². The average Bonchev–Trinajstić information content (AvgIpc) is 2.49. The van der Waals surface area contributed by atoms with E-state index in [0.29, 0.717) is 11.4 Å². The van der Waals surface area contributed by atoms with Gasteiger partial charge in [0.2, 0.25) is 10.0 Å². The lowest BCUT2D eigenvalue weighted by Crippen LogP contribution is -2.26. The molecule has 2 aromatic rings. The predicted octanol–water partition coefficient (Wildman–Crippen LogP) is 2.13. The van der Waals surface area contributed by atoms with Crippen molar-refractivity contribution >= 4 is 21.6 Å². The highest BCUT2D eigenvalue weighted by atomic mass is 35.5. The summed E-state index contributed by atoms with van der Waals surface area (Å²) in [7, 11) is -3.61. The number of halogens is 1. The summed E-state index contributed by atoms with van der Waals surface area (Å²) >= 11 is 5.78. The molecule has 5 nitrogen and oxygen atoms in total. The second kappa shape index (κ2) is 6.68. The van der Waals surface area contributed by atoms with E-state index in [1.807, 2.05) is 18.2 Å². The van der Waals surface area contributed by atoms with Gasteiger partial charge in [-0.3, -0.25) is 0 Å². The van der Waals surface area contributed by atoms with Gasteiger partial charge in [0.05, 0.1) is 0 Å². The van der Waals surface area contributed by atoms with Crippen LogP contribution in [-0.2, 0) is 16.4 Å². The summed E-state index contributed by atoms with van der Waals surface area (Å²) in [5, 5.41) is 9.27. The van der Waals surface area contributed by atoms with Gasteiger partial charge < -0.3 is 0 Å². The number of aromatic nitrogens is 1. The molecule has 2 rings (SSSR count). The van der Waals surface area contributed by atoms with Crippen molar-refractivity contribution in [1.82, 2.24) is 9.71 Å². The smallest absolute Gasteiger partial charge is 0.242 e. The SMILES string of the molecule is N#Cc1ccc(S(=O)(=O)NCCc2ccc(Cl)cc2)cn1. The first-order chi connectivity index (χ1) is 10.0. The molecular weight excluding hydrogens is 310 g/mol. The van der Waals surface area contributed by atoms with Gasteiger partial charge >= 0.3 is 0 Å². The summed E-state index contributed by atoms with van der Waals surface area (Å²) in [6.07, 6.45) is 1.73. The molecule has 0 fully saturated rings. The minimum absolute atomic E-state index is 0.0395. The number of nitrogens with zero attached hydrogens (tertiary/aromatic N) is 2. The molecule has 0 bridgehead atoms. The monoisotopic (exact) mass is 321 g/mol. The molecule has 0 amide bonds. The molecule has 1 aromatic carbocycles. The molecular formula is C14H12ClN3O2S. The minimum Gasteiger partial charge on any atom is -0.244 e. The molecule has 0 spiro atoms. The fraction of sp³-hybridized carbons (Fsp3) is 0.143. The molecule has 0 aliphatic carbocycles. The molecule has 0 unspecified atom stereocenters.